The Labute approximate surface area is 124 Å². The van der Waals surface area contributed by atoms with Crippen LogP contribution in [0.4, 0.5) is 0 Å². The van der Waals surface area contributed by atoms with E-state index in [-0.39, 0.29) is 6.04 Å². The van der Waals surface area contributed by atoms with Gasteiger partial charge in [0.25, 0.3) is 0 Å². The first-order valence-electron chi connectivity index (χ1n) is 5.43. The van der Waals surface area contributed by atoms with E-state index in [1.165, 1.54) is 11.3 Å². The van der Waals surface area contributed by atoms with Gasteiger partial charge in [-0.05, 0) is 46.1 Å². The number of nitrogens with two attached hydrogens (primary N) is 1. The Morgan fingerprint density at radius 2 is 2.22 bits per heavy atom. The molecule has 0 amide bonds. The van der Waals surface area contributed by atoms with Crippen molar-refractivity contribution in [3.05, 3.63) is 49.6 Å². The highest BCUT2D eigenvalue weighted by Gasteiger charge is 2.13. The van der Waals surface area contributed by atoms with E-state index in [0.717, 1.165) is 31.4 Å². The van der Waals surface area contributed by atoms with Crippen molar-refractivity contribution in [3.63, 3.8) is 0 Å². The van der Waals surface area contributed by atoms with Gasteiger partial charge in [-0.1, -0.05) is 23.7 Å². The second kappa shape index (κ2) is 6.06. The van der Waals surface area contributed by atoms with Crippen molar-refractivity contribution < 1.29 is 4.74 Å². The van der Waals surface area contributed by atoms with E-state index >= 15 is 0 Å². The standard InChI is InChI=1S/C13H13BrClNOS/c1-17-9-4-2-3-8(5-9)6-11(16)12-7-10(14)13(15)18-12/h2-5,7,11H,6,16H2,1H3. The Balaban J connectivity index is 2.13. The van der Waals surface area contributed by atoms with E-state index < -0.39 is 0 Å². The normalized spacial score (nSPS) is 12.4. The molecule has 0 bridgehead atoms. The summed E-state index contributed by atoms with van der Waals surface area (Å²) in [4.78, 5) is 1.08. The number of methoxy groups -OCH3 is 1. The van der Waals surface area contributed by atoms with Crippen LogP contribution in [0.3, 0.4) is 0 Å². The maximum atomic E-state index is 6.19. The van der Waals surface area contributed by atoms with Crippen LogP contribution in [0.25, 0.3) is 0 Å². The topological polar surface area (TPSA) is 35.2 Å². The minimum absolute atomic E-state index is 0.0501. The van der Waals surface area contributed by atoms with Gasteiger partial charge in [-0.25, -0.2) is 0 Å². The summed E-state index contributed by atoms with van der Waals surface area (Å²) in [5.41, 5.74) is 7.35. The smallest absolute Gasteiger partial charge is 0.119 e. The van der Waals surface area contributed by atoms with Crippen molar-refractivity contribution in [1.29, 1.82) is 0 Å². The van der Waals surface area contributed by atoms with Gasteiger partial charge in [-0.2, -0.15) is 0 Å². The first kappa shape index (κ1) is 13.9. The Morgan fingerprint density at radius 1 is 1.44 bits per heavy atom. The highest BCUT2D eigenvalue weighted by molar-refractivity contribution is 9.10. The lowest BCUT2D eigenvalue weighted by molar-refractivity contribution is 0.414. The molecular formula is C13H13BrClNOS. The van der Waals surface area contributed by atoms with E-state index in [1.807, 2.05) is 30.3 Å². The molecule has 1 aromatic carbocycles. The molecule has 2 nitrogen and oxygen atoms in total. The van der Waals surface area contributed by atoms with E-state index in [2.05, 4.69) is 15.9 Å². The van der Waals surface area contributed by atoms with E-state index in [4.69, 9.17) is 22.1 Å². The Bertz CT molecular complexity index is 524. The molecule has 1 atom stereocenters. The van der Waals surface area contributed by atoms with Crippen LogP contribution in [0.15, 0.2) is 34.8 Å². The number of rotatable bonds is 4. The van der Waals surface area contributed by atoms with Gasteiger partial charge < -0.3 is 10.5 Å². The summed E-state index contributed by atoms with van der Waals surface area (Å²) in [6.45, 7) is 0. The second-order valence-corrected chi connectivity index (χ2v) is 6.47. The van der Waals surface area contributed by atoms with Crippen LogP contribution in [0.2, 0.25) is 4.34 Å². The van der Waals surface area contributed by atoms with Gasteiger partial charge in [-0.15, -0.1) is 11.3 Å². The molecule has 0 aliphatic carbocycles. The molecular weight excluding hydrogens is 334 g/mol. The van der Waals surface area contributed by atoms with E-state index in [0.29, 0.717) is 0 Å². The molecule has 0 radical (unpaired) electrons. The van der Waals surface area contributed by atoms with Gasteiger partial charge in [0.15, 0.2) is 0 Å². The van der Waals surface area contributed by atoms with Gasteiger partial charge in [0.05, 0.1) is 7.11 Å². The number of benzene rings is 1. The molecule has 1 heterocycles. The van der Waals surface area contributed by atoms with Crippen LogP contribution < -0.4 is 10.5 Å². The molecule has 0 saturated heterocycles. The number of halogens is 2. The first-order chi connectivity index (χ1) is 8.60. The first-order valence-corrected chi connectivity index (χ1v) is 7.42. The largest absolute Gasteiger partial charge is 0.497 e. The maximum absolute atomic E-state index is 6.19. The van der Waals surface area contributed by atoms with Gasteiger partial charge in [-0.3, -0.25) is 0 Å². The van der Waals surface area contributed by atoms with Crippen LogP contribution in [0, 0.1) is 0 Å². The minimum atomic E-state index is -0.0501. The van der Waals surface area contributed by atoms with E-state index in [9.17, 15) is 0 Å². The predicted molar refractivity (Wildman–Crippen MR) is 80.7 cm³/mol. The van der Waals surface area contributed by atoms with E-state index in [1.54, 1.807) is 7.11 Å². The summed E-state index contributed by atoms with van der Waals surface area (Å²) in [6, 6.07) is 9.88. The summed E-state index contributed by atoms with van der Waals surface area (Å²) < 4.78 is 6.85. The summed E-state index contributed by atoms with van der Waals surface area (Å²) in [5, 5.41) is 0. The Morgan fingerprint density at radius 3 is 2.83 bits per heavy atom. The van der Waals surface area contributed by atoms with Crippen LogP contribution in [-0.2, 0) is 6.42 Å². The molecule has 18 heavy (non-hydrogen) atoms. The molecule has 2 N–H and O–H groups in total. The molecule has 2 rings (SSSR count). The van der Waals surface area contributed by atoms with Gasteiger partial charge in [0.1, 0.15) is 10.1 Å². The van der Waals surface area contributed by atoms with Crippen LogP contribution in [-0.4, -0.2) is 7.11 Å². The zero-order chi connectivity index (χ0) is 13.1. The van der Waals surface area contributed by atoms with Crippen LogP contribution >= 0.6 is 38.9 Å². The highest BCUT2D eigenvalue weighted by Crippen LogP contribution is 2.35. The lowest BCUT2D eigenvalue weighted by Crippen LogP contribution is -2.11. The van der Waals surface area contributed by atoms with Gasteiger partial charge >= 0.3 is 0 Å². The third-order valence-electron chi connectivity index (χ3n) is 2.62. The van der Waals surface area contributed by atoms with Crippen molar-refractivity contribution in [2.24, 2.45) is 5.73 Å². The highest BCUT2D eigenvalue weighted by atomic mass is 79.9. The second-order valence-electron chi connectivity index (χ2n) is 3.93. The lowest BCUT2D eigenvalue weighted by Gasteiger charge is -2.10. The maximum Gasteiger partial charge on any atom is 0.119 e. The average Bonchev–Trinajstić information content (AvgIpc) is 2.70. The summed E-state index contributed by atoms with van der Waals surface area (Å²) in [7, 11) is 1.66. The summed E-state index contributed by atoms with van der Waals surface area (Å²) in [5.74, 6) is 0.852. The van der Waals surface area contributed by atoms with Crippen LogP contribution in [0.1, 0.15) is 16.5 Å². The van der Waals surface area contributed by atoms with Crippen LogP contribution in [0.5, 0.6) is 5.75 Å². The van der Waals surface area contributed by atoms with Crippen molar-refractivity contribution in [3.8, 4) is 5.75 Å². The SMILES string of the molecule is COc1cccc(CC(N)c2cc(Br)c(Cl)s2)c1. The number of hydrogen-bond acceptors (Lipinski definition) is 3. The monoisotopic (exact) mass is 345 g/mol. The van der Waals surface area contributed by atoms with Gasteiger partial charge in [0.2, 0.25) is 0 Å². The number of ether oxygens (including phenoxy) is 1. The number of hydrogen-bond donors (Lipinski definition) is 1. The Hall–Kier alpha value is -0.550. The van der Waals surface area contributed by atoms with Crippen molar-refractivity contribution in [1.82, 2.24) is 0 Å². The molecule has 0 saturated carbocycles. The third-order valence-corrected chi connectivity index (χ3v) is 5.23. The molecule has 96 valence electrons. The molecule has 1 aromatic heterocycles. The fourth-order valence-corrected chi connectivity index (χ4v) is 3.44. The van der Waals surface area contributed by atoms with Crippen molar-refractivity contribution >= 4 is 38.9 Å². The molecule has 0 spiro atoms. The molecule has 0 aliphatic heterocycles. The lowest BCUT2D eigenvalue weighted by atomic mass is 10.1. The molecule has 1 unspecified atom stereocenters. The van der Waals surface area contributed by atoms with Crippen molar-refractivity contribution in [2.75, 3.05) is 7.11 Å². The van der Waals surface area contributed by atoms with Crippen molar-refractivity contribution in [2.45, 2.75) is 12.5 Å². The molecule has 0 fully saturated rings. The molecule has 0 aliphatic rings. The Kier molecular flexibility index (Phi) is 4.67. The molecule has 5 heteroatoms. The summed E-state index contributed by atoms with van der Waals surface area (Å²) in [6.07, 6.45) is 0.764. The van der Waals surface area contributed by atoms with Gasteiger partial charge in [0, 0.05) is 15.4 Å². The molecule has 2 aromatic rings. The fourth-order valence-electron chi connectivity index (χ4n) is 1.70. The zero-order valence-corrected chi connectivity index (χ0v) is 13.0. The quantitative estimate of drug-likeness (QED) is 0.889. The summed E-state index contributed by atoms with van der Waals surface area (Å²) >= 11 is 10.9. The predicted octanol–water partition coefficient (Wildman–Crippen LogP) is 4.42. The zero-order valence-electron chi connectivity index (χ0n) is 9.82. The fraction of sp³-hybridized carbons (Fsp3) is 0.231. The number of thiophene rings is 1. The minimum Gasteiger partial charge on any atom is -0.497 e. The third kappa shape index (κ3) is 3.26. The average molecular weight is 347 g/mol.